The van der Waals surface area contributed by atoms with E-state index in [1.165, 1.54) is 10.4 Å². The number of nitrogens with zero attached hydrogens (tertiary/aromatic N) is 3. The molecular formula is C21H32N4O5S. The first kappa shape index (κ1) is 23.5. The summed E-state index contributed by atoms with van der Waals surface area (Å²) in [6.45, 7) is 6.26. The molecule has 0 radical (unpaired) electrons. The third-order valence-electron chi connectivity index (χ3n) is 6.08. The monoisotopic (exact) mass is 452 g/mol. The van der Waals surface area contributed by atoms with Gasteiger partial charge in [-0.3, -0.25) is 14.9 Å². The summed E-state index contributed by atoms with van der Waals surface area (Å²) in [5.74, 6) is 0.246. The van der Waals surface area contributed by atoms with Crippen molar-refractivity contribution >= 4 is 27.3 Å². The lowest BCUT2D eigenvalue weighted by molar-refractivity contribution is -0.384. The average molecular weight is 453 g/mol. The number of piperidine rings is 2. The average Bonchev–Trinajstić information content (AvgIpc) is 2.73. The van der Waals surface area contributed by atoms with E-state index < -0.39 is 14.9 Å². The van der Waals surface area contributed by atoms with Crippen molar-refractivity contribution in [3.63, 3.8) is 0 Å². The standard InChI is InChI=1S/C21H32N4O5S/c1-3-13-31(29,30)24-11-8-18(9-12-24)22-21(26)17-6-7-19(20(14-17)25(27)28)23-10-4-5-16(2)15-23/h6-7,14,16,18H,3-5,8-13,15H2,1-2H3,(H,22,26). The maximum absolute atomic E-state index is 12.7. The van der Waals surface area contributed by atoms with Crippen LogP contribution in [0.5, 0.6) is 0 Å². The molecule has 1 atom stereocenters. The largest absolute Gasteiger partial charge is 0.366 e. The second-order valence-electron chi connectivity index (χ2n) is 8.62. The van der Waals surface area contributed by atoms with E-state index in [4.69, 9.17) is 0 Å². The van der Waals surface area contributed by atoms with Crippen molar-refractivity contribution in [1.82, 2.24) is 9.62 Å². The quantitative estimate of drug-likeness (QED) is 0.503. The highest BCUT2D eigenvalue weighted by Gasteiger charge is 2.29. The van der Waals surface area contributed by atoms with Crippen LogP contribution >= 0.6 is 0 Å². The van der Waals surface area contributed by atoms with Crippen molar-refractivity contribution in [2.75, 3.05) is 36.8 Å². The smallest absolute Gasteiger partial charge is 0.293 e. The van der Waals surface area contributed by atoms with Crippen LogP contribution in [0.15, 0.2) is 18.2 Å². The summed E-state index contributed by atoms with van der Waals surface area (Å²) in [6, 6.07) is 4.51. The van der Waals surface area contributed by atoms with Gasteiger partial charge in [0.15, 0.2) is 0 Å². The van der Waals surface area contributed by atoms with Crippen LogP contribution in [0.2, 0.25) is 0 Å². The Morgan fingerprint density at radius 3 is 2.55 bits per heavy atom. The normalized spacial score (nSPS) is 21.1. The Balaban J connectivity index is 1.66. The van der Waals surface area contributed by atoms with Crippen LogP contribution in [0.4, 0.5) is 11.4 Å². The zero-order valence-corrected chi connectivity index (χ0v) is 19.1. The summed E-state index contributed by atoms with van der Waals surface area (Å²) in [5.41, 5.74) is 0.756. The molecule has 1 aromatic rings. The molecular weight excluding hydrogens is 420 g/mol. The highest BCUT2D eigenvalue weighted by Crippen LogP contribution is 2.32. The van der Waals surface area contributed by atoms with Crippen molar-refractivity contribution in [2.24, 2.45) is 5.92 Å². The number of benzene rings is 1. The Morgan fingerprint density at radius 2 is 1.94 bits per heavy atom. The fourth-order valence-electron chi connectivity index (χ4n) is 4.42. The molecule has 9 nitrogen and oxygen atoms in total. The first-order valence-corrected chi connectivity index (χ1v) is 12.6. The molecule has 2 saturated heterocycles. The number of rotatable bonds is 7. The molecule has 0 spiro atoms. The summed E-state index contributed by atoms with van der Waals surface area (Å²) in [4.78, 5) is 26.0. The Labute approximate surface area is 184 Å². The van der Waals surface area contributed by atoms with E-state index in [0.29, 0.717) is 44.0 Å². The van der Waals surface area contributed by atoms with Crippen molar-refractivity contribution < 1.29 is 18.1 Å². The minimum atomic E-state index is -3.23. The predicted octanol–water partition coefficient (Wildman–Crippen LogP) is 2.77. The number of nitro benzene ring substituents is 1. The number of carbonyl (C=O) groups excluding carboxylic acids is 1. The van der Waals surface area contributed by atoms with E-state index in [1.54, 1.807) is 12.1 Å². The van der Waals surface area contributed by atoms with Crippen LogP contribution in [0.25, 0.3) is 0 Å². The van der Waals surface area contributed by atoms with E-state index in [-0.39, 0.29) is 29.0 Å². The van der Waals surface area contributed by atoms with Crippen molar-refractivity contribution in [3.8, 4) is 0 Å². The van der Waals surface area contributed by atoms with Crippen LogP contribution in [0.3, 0.4) is 0 Å². The number of hydrogen-bond donors (Lipinski definition) is 1. The van der Waals surface area contributed by atoms with Gasteiger partial charge in [-0.15, -0.1) is 0 Å². The summed E-state index contributed by atoms with van der Waals surface area (Å²) < 4.78 is 25.9. The molecule has 10 heteroatoms. The van der Waals surface area contributed by atoms with Gasteiger partial charge in [0.2, 0.25) is 10.0 Å². The Kier molecular flexibility index (Phi) is 7.53. The zero-order chi connectivity index (χ0) is 22.6. The van der Waals surface area contributed by atoms with E-state index in [2.05, 4.69) is 12.2 Å². The SMILES string of the molecule is CCCS(=O)(=O)N1CCC(NC(=O)c2ccc(N3CCCC(C)C3)c([N+](=O)[O-])c2)CC1. The van der Waals surface area contributed by atoms with Gasteiger partial charge in [-0.2, -0.15) is 0 Å². The number of hydrogen-bond acceptors (Lipinski definition) is 6. The van der Waals surface area contributed by atoms with Gasteiger partial charge in [0, 0.05) is 43.9 Å². The molecule has 1 aromatic carbocycles. The van der Waals surface area contributed by atoms with E-state index >= 15 is 0 Å². The lowest BCUT2D eigenvalue weighted by Gasteiger charge is -2.32. The molecule has 1 N–H and O–H groups in total. The number of carbonyl (C=O) groups is 1. The van der Waals surface area contributed by atoms with Crippen LogP contribution in [0.1, 0.15) is 56.3 Å². The molecule has 2 aliphatic rings. The Morgan fingerprint density at radius 1 is 1.23 bits per heavy atom. The second kappa shape index (κ2) is 9.95. The number of amides is 1. The van der Waals surface area contributed by atoms with Crippen LogP contribution in [0, 0.1) is 16.0 Å². The summed E-state index contributed by atoms with van der Waals surface area (Å²) in [7, 11) is -3.23. The number of sulfonamides is 1. The van der Waals surface area contributed by atoms with Crippen molar-refractivity contribution in [1.29, 1.82) is 0 Å². The first-order chi connectivity index (χ1) is 14.7. The van der Waals surface area contributed by atoms with Gasteiger partial charge in [-0.25, -0.2) is 12.7 Å². The fraction of sp³-hybridized carbons (Fsp3) is 0.667. The molecule has 1 amide bonds. The molecule has 2 aliphatic heterocycles. The molecule has 1 unspecified atom stereocenters. The summed E-state index contributed by atoms with van der Waals surface area (Å²) in [5, 5.41) is 14.6. The van der Waals surface area contributed by atoms with Gasteiger partial charge < -0.3 is 10.2 Å². The molecule has 0 saturated carbocycles. The molecule has 2 heterocycles. The van der Waals surface area contributed by atoms with Crippen LogP contribution < -0.4 is 10.2 Å². The zero-order valence-electron chi connectivity index (χ0n) is 18.2. The van der Waals surface area contributed by atoms with E-state index in [9.17, 15) is 23.3 Å². The third kappa shape index (κ3) is 5.74. The van der Waals surface area contributed by atoms with E-state index in [0.717, 1.165) is 25.9 Å². The minimum absolute atomic E-state index is 0.0535. The topological polar surface area (TPSA) is 113 Å². The highest BCUT2D eigenvalue weighted by molar-refractivity contribution is 7.89. The summed E-state index contributed by atoms with van der Waals surface area (Å²) >= 11 is 0. The molecule has 0 aromatic heterocycles. The lowest BCUT2D eigenvalue weighted by atomic mass is 9.99. The molecule has 0 bridgehead atoms. The van der Waals surface area contributed by atoms with Crippen molar-refractivity contribution in [3.05, 3.63) is 33.9 Å². The predicted molar refractivity (Wildman–Crippen MR) is 120 cm³/mol. The van der Waals surface area contributed by atoms with Gasteiger partial charge in [0.25, 0.3) is 11.6 Å². The molecule has 31 heavy (non-hydrogen) atoms. The van der Waals surface area contributed by atoms with Gasteiger partial charge in [-0.1, -0.05) is 13.8 Å². The highest BCUT2D eigenvalue weighted by atomic mass is 32.2. The third-order valence-corrected chi connectivity index (χ3v) is 8.15. The Hall–Kier alpha value is -2.20. The van der Waals surface area contributed by atoms with Crippen LogP contribution in [-0.4, -0.2) is 61.5 Å². The van der Waals surface area contributed by atoms with Crippen LogP contribution in [-0.2, 0) is 10.0 Å². The fourth-order valence-corrected chi connectivity index (χ4v) is 5.96. The van der Waals surface area contributed by atoms with Gasteiger partial charge in [-0.05, 0) is 50.2 Å². The minimum Gasteiger partial charge on any atom is -0.366 e. The molecule has 0 aliphatic carbocycles. The molecule has 172 valence electrons. The maximum Gasteiger partial charge on any atom is 0.293 e. The second-order valence-corrected chi connectivity index (χ2v) is 10.7. The number of nitro groups is 1. The van der Waals surface area contributed by atoms with Crippen molar-refractivity contribution in [2.45, 2.75) is 52.0 Å². The van der Waals surface area contributed by atoms with Gasteiger partial charge >= 0.3 is 0 Å². The van der Waals surface area contributed by atoms with Gasteiger partial charge in [0.1, 0.15) is 5.69 Å². The molecule has 3 rings (SSSR count). The van der Waals surface area contributed by atoms with E-state index in [1.807, 2.05) is 11.8 Å². The molecule has 2 fully saturated rings. The Bertz CT molecular complexity index is 912. The first-order valence-electron chi connectivity index (χ1n) is 11.0. The van der Waals surface area contributed by atoms with Gasteiger partial charge in [0.05, 0.1) is 10.7 Å². The number of anilines is 1. The number of nitrogens with one attached hydrogen (secondary N) is 1. The lowest BCUT2D eigenvalue weighted by Crippen LogP contribution is -2.47. The summed E-state index contributed by atoms with van der Waals surface area (Å²) in [6.07, 6.45) is 3.74. The maximum atomic E-state index is 12.7.